The Hall–Kier alpha value is -2.66. The van der Waals surface area contributed by atoms with E-state index in [0.717, 1.165) is 23.1 Å². The number of hydrogen-bond donors (Lipinski definition) is 3. The van der Waals surface area contributed by atoms with Gasteiger partial charge in [0.25, 0.3) is 0 Å². The van der Waals surface area contributed by atoms with Crippen LogP contribution in [-0.4, -0.2) is 16.9 Å². The van der Waals surface area contributed by atoms with E-state index in [4.69, 9.17) is 0 Å². The average molecular weight is 312 g/mol. The maximum Gasteiger partial charge on any atom is 0.313 e. The molecule has 5 nitrogen and oxygen atoms in total. The molecular weight excluding hydrogens is 292 g/mol. The van der Waals surface area contributed by atoms with Gasteiger partial charge in [-0.1, -0.05) is 49.4 Å². The molecular formula is C18H20N2O3. The van der Waals surface area contributed by atoms with Crippen molar-refractivity contribution < 1.29 is 14.7 Å². The van der Waals surface area contributed by atoms with Gasteiger partial charge >= 0.3 is 11.8 Å². The van der Waals surface area contributed by atoms with E-state index in [-0.39, 0.29) is 13.2 Å². The zero-order chi connectivity index (χ0) is 16.7. The molecule has 3 N–H and O–H groups in total. The molecule has 5 heteroatoms. The van der Waals surface area contributed by atoms with E-state index in [1.54, 1.807) is 18.2 Å². The van der Waals surface area contributed by atoms with Crippen LogP contribution in [-0.2, 0) is 29.2 Å². The molecule has 0 aliphatic rings. The first kappa shape index (κ1) is 16.7. The maximum absolute atomic E-state index is 12.0. The van der Waals surface area contributed by atoms with Gasteiger partial charge in [-0.15, -0.1) is 0 Å². The molecule has 0 saturated heterocycles. The van der Waals surface area contributed by atoms with E-state index in [1.807, 2.05) is 37.3 Å². The molecule has 0 unspecified atom stereocenters. The highest BCUT2D eigenvalue weighted by molar-refractivity contribution is 6.39. The number of benzene rings is 2. The van der Waals surface area contributed by atoms with Crippen molar-refractivity contribution >= 4 is 17.5 Å². The number of aliphatic hydroxyl groups excluding tert-OH is 1. The first-order valence-electron chi connectivity index (χ1n) is 7.50. The molecule has 0 aromatic heterocycles. The number of carbonyl (C=O) groups is 2. The second-order valence-corrected chi connectivity index (χ2v) is 5.07. The van der Waals surface area contributed by atoms with Gasteiger partial charge in [0.1, 0.15) is 0 Å². The minimum absolute atomic E-state index is 0.109. The number of nitrogens with one attached hydrogen (secondary N) is 2. The average Bonchev–Trinajstić information content (AvgIpc) is 2.60. The summed E-state index contributed by atoms with van der Waals surface area (Å²) in [6, 6.07) is 14.6. The molecule has 0 saturated carbocycles. The van der Waals surface area contributed by atoms with Crippen molar-refractivity contribution in [1.29, 1.82) is 0 Å². The Labute approximate surface area is 135 Å². The normalized spacial score (nSPS) is 10.2. The van der Waals surface area contributed by atoms with Crippen LogP contribution >= 0.6 is 0 Å². The van der Waals surface area contributed by atoms with Crippen molar-refractivity contribution in [2.75, 3.05) is 5.32 Å². The zero-order valence-corrected chi connectivity index (χ0v) is 13.0. The van der Waals surface area contributed by atoms with E-state index in [9.17, 15) is 14.7 Å². The van der Waals surface area contributed by atoms with Gasteiger partial charge in [-0.2, -0.15) is 0 Å². The van der Waals surface area contributed by atoms with Crippen LogP contribution in [0.25, 0.3) is 0 Å². The van der Waals surface area contributed by atoms with Crippen molar-refractivity contribution in [2.24, 2.45) is 0 Å². The summed E-state index contributed by atoms with van der Waals surface area (Å²) in [5.74, 6) is -1.41. The lowest BCUT2D eigenvalue weighted by Crippen LogP contribution is -2.35. The lowest BCUT2D eigenvalue weighted by molar-refractivity contribution is -0.136. The van der Waals surface area contributed by atoms with Crippen molar-refractivity contribution in [1.82, 2.24) is 5.32 Å². The number of rotatable bonds is 5. The summed E-state index contributed by atoms with van der Waals surface area (Å²) in [6.07, 6.45) is 0.766. The summed E-state index contributed by atoms with van der Waals surface area (Å²) in [5.41, 5.74) is 3.12. The Kier molecular flexibility index (Phi) is 5.88. The zero-order valence-electron chi connectivity index (χ0n) is 13.0. The highest BCUT2D eigenvalue weighted by Crippen LogP contribution is 2.15. The Morgan fingerprint density at radius 2 is 1.52 bits per heavy atom. The monoisotopic (exact) mass is 312 g/mol. The molecule has 0 heterocycles. The Morgan fingerprint density at radius 1 is 0.913 bits per heavy atom. The van der Waals surface area contributed by atoms with Gasteiger partial charge in [-0.05, 0) is 29.2 Å². The van der Waals surface area contributed by atoms with E-state index in [1.165, 1.54) is 0 Å². The molecule has 0 aliphatic carbocycles. The molecule has 0 spiro atoms. The molecule has 2 aromatic carbocycles. The fourth-order valence-electron chi connectivity index (χ4n) is 2.27. The van der Waals surface area contributed by atoms with E-state index in [2.05, 4.69) is 10.6 Å². The summed E-state index contributed by atoms with van der Waals surface area (Å²) >= 11 is 0. The number of anilines is 1. The first-order chi connectivity index (χ1) is 11.2. The second-order valence-electron chi connectivity index (χ2n) is 5.07. The van der Waals surface area contributed by atoms with Crippen molar-refractivity contribution in [3.8, 4) is 0 Å². The van der Waals surface area contributed by atoms with Crippen LogP contribution in [0.5, 0.6) is 0 Å². The molecule has 120 valence electrons. The number of para-hydroxylation sites is 1. The third-order valence-corrected chi connectivity index (χ3v) is 3.58. The Morgan fingerprint density at radius 3 is 2.17 bits per heavy atom. The van der Waals surface area contributed by atoms with Crippen LogP contribution in [0.15, 0.2) is 48.5 Å². The topological polar surface area (TPSA) is 78.4 Å². The van der Waals surface area contributed by atoms with Gasteiger partial charge in [0.2, 0.25) is 0 Å². The molecule has 2 aromatic rings. The number of carbonyl (C=O) groups excluding carboxylic acids is 2. The fraction of sp³-hybridized carbons (Fsp3) is 0.222. The minimum atomic E-state index is -0.705. The molecule has 0 radical (unpaired) electrons. The smallest absolute Gasteiger partial charge is 0.313 e. The molecule has 0 fully saturated rings. The minimum Gasteiger partial charge on any atom is -0.392 e. The van der Waals surface area contributed by atoms with Gasteiger partial charge in [-0.3, -0.25) is 9.59 Å². The Bertz CT molecular complexity index is 698. The fourth-order valence-corrected chi connectivity index (χ4v) is 2.27. The summed E-state index contributed by atoms with van der Waals surface area (Å²) in [4.78, 5) is 23.9. The van der Waals surface area contributed by atoms with Crippen LogP contribution in [0.3, 0.4) is 0 Å². The van der Waals surface area contributed by atoms with E-state index in [0.29, 0.717) is 5.69 Å². The van der Waals surface area contributed by atoms with E-state index < -0.39 is 11.8 Å². The molecule has 23 heavy (non-hydrogen) atoms. The molecule has 0 bridgehead atoms. The highest BCUT2D eigenvalue weighted by atomic mass is 16.3. The maximum atomic E-state index is 12.0. The highest BCUT2D eigenvalue weighted by Gasteiger charge is 2.15. The van der Waals surface area contributed by atoms with Crippen LogP contribution in [0.1, 0.15) is 23.6 Å². The lowest BCUT2D eigenvalue weighted by atomic mass is 10.1. The van der Waals surface area contributed by atoms with Gasteiger partial charge in [0, 0.05) is 12.2 Å². The lowest BCUT2D eigenvalue weighted by Gasteiger charge is -2.11. The van der Waals surface area contributed by atoms with E-state index >= 15 is 0 Å². The van der Waals surface area contributed by atoms with Crippen molar-refractivity contribution in [3.63, 3.8) is 0 Å². The van der Waals surface area contributed by atoms with Gasteiger partial charge < -0.3 is 15.7 Å². The summed E-state index contributed by atoms with van der Waals surface area (Å²) in [5, 5.41) is 14.4. The van der Waals surface area contributed by atoms with Gasteiger partial charge in [-0.25, -0.2) is 0 Å². The second kappa shape index (κ2) is 8.10. The quantitative estimate of drug-likeness (QED) is 0.739. The van der Waals surface area contributed by atoms with Crippen molar-refractivity contribution in [2.45, 2.75) is 26.5 Å². The molecule has 0 atom stereocenters. The third kappa shape index (κ3) is 4.40. The third-order valence-electron chi connectivity index (χ3n) is 3.58. The van der Waals surface area contributed by atoms with Gasteiger partial charge in [0.05, 0.1) is 6.61 Å². The Balaban J connectivity index is 1.96. The predicted octanol–water partition coefficient (Wildman–Crippen LogP) is 2.00. The largest absolute Gasteiger partial charge is 0.392 e. The van der Waals surface area contributed by atoms with Gasteiger partial charge in [0.15, 0.2) is 0 Å². The molecule has 2 amide bonds. The van der Waals surface area contributed by atoms with Crippen molar-refractivity contribution in [3.05, 3.63) is 65.2 Å². The predicted molar refractivity (Wildman–Crippen MR) is 88.7 cm³/mol. The number of aliphatic hydroxyl groups is 1. The molecule has 2 rings (SSSR count). The molecule has 0 aliphatic heterocycles. The number of aryl methyl sites for hydroxylation is 1. The number of hydrogen-bond acceptors (Lipinski definition) is 3. The SMILES string of the molecule is CCc1ccccc1NC(=O)C(=O)NCc1ccccc1CO. The van der Waals surface area contributed by atoms with Crippen LogP contribution in [0.2, 0.25) is 0 Å². The standard InChI is InChI=1S/C18H20N2O3/c1-2-13-7-5-6-10-16(13)20-18(23)17(22)19-11-14-8-3-4-9-15(14)12-21/h3-10,21H,2,11-12H2,1H3,(H,19,22)(H,20,23). The summed E-state index contributed by atoms with van der Waals surface area (Å²) < 4.78 is 0. The number of amides is 2. The summed E-state index contributed by atoms with van der Waals surface area (Å²) in [7, 11) is 0. The summed E-state index contributed by atoms with van der Waals surface area (Å²) in [6.45, 7) is 2.07. The first-order valence-corrected chi connectivity index (χ1v) is 7.50. The van der Waals surface area contributed by atoms with Crippen LogP contribution < -0.4 is 10.6 Å². The van der Waals surface area contributed by atoms with Crippen LogP contribution in [0.4, 0.5) is 5.69 Å². The van der Waals surface area contributed by atoms with Crippen LogP contribution in [0, 0.1) is 0 Å².